The largest absolute Gasteiger partial charge is 0.312 e. The van der Waals surface area contributed by atoms with Gasteiger partial charge in [0.05, 0.1) is 11.2 Å². The van der Waals surface area contributed by atoms with Crippen LogP contribution in [0.25, 0.3) is 44.4 Å². The number of benzene rings is 4. The van der Waals surface area contributed by atoms with E-state index in [1.807, 2.05) is 6.07 Å². The molecule has 0 radical (unpaired) electrons. The van der Waals surface area contributed by atoms with E-state index in [0.29, 0.717) is 5.92 Å². The molecule has 0 bridgehead atoms. The van der Waals surface area contributed by atoms with Crippen LogP contribution in [0.1, 0.15) is 24.1 Å². The second-order valence-electron chi connectivity index (χ2n) is 10.1. The van der Waals surface area contributed by atoms with Crippen molar-refractivity contribution in [1.82, 2.24) is 4.57 Å². The monoisotopic (exact) mass is 509 g/mol. The number of hydrogen-bond donors (Lipinski definition) is 0. The molecule has 5 aromatic rings. The molecule has 2 aliphatic carbocycles. The van der Waals surface area contributed by atoms with Crippen LogP contribution in [-0.2, 0) is 6.42 Å². The van der Waals surface area contributed by atoms with Crippen molar-refractivity contribution in [3.63, 3.8) is 0 Å². The highest BCUT2D eigenvalue weighted by Gasteiger charge is 2.28. The van der Waals surface area contributed by atoms with E-state index >= 15 is 0 Å². The first-order chi connectivity index (χ1) is 18.8. The fourth-order valence-corrected chi connectivity index (χ4v) is 6.33. The summed E-state index contributed by atoms with van der Waals surface area (Å²) < 4.78 is 2.51. The minimum Gasteiger partial charge on any atom is -0.312 e. The Morgan fingerprint density at radius 2 is 1.53 bits per heavy atom. The molecule has 1 aromatic heterocycles. The molecular formula is C36H28ClN. The molecule has 0 aliphatic heterocycles. The lowest BCUT2D eigenvalue weighted by Crippen LogP contribution is -2.10. The van der Waals surface area contributed by atoms with E-state index < -0.39 is 0 Å². The van der Waals surface area contributed by atoms with Crippen molar-refractivity contribution in [3.8, 4) is 27.9 Å². The van der Waals surface area contributed by atoms with Gasteiger partial charge in [0.2, 0.25) is 0 Å². The van der Waals surface area contributed by atoms with Crippen LogP contribution < -0.4 is 0 Å². The molecule has 0 saturated heterocycles. The summed E-state index contributed by atoms with van der Waals surface area (Å²) in [5.41, 5.74) is 11.5. The maximum atomic E-state index is 6.61. The first-order valence-electron chi connectivity index (χ1n) is 13.4. The summed E-state index contributed by atoms with van der Waals surface area (Å²) in [6.07, 6.45) is 14.5. The van der Waals surface area contributed by atoms with Gasteiger partial charge in [0.25, 0.3) is 0 Å². The van der Waals surface area contributed by atoms with Crippen molar-refractivity contribution in [2.45, 2.75) is 19.3 Å². The van der Waals surface area contributed by atoms with Crippen LogP contribution in [0.5, 0.6) is 0 Å². The Balaban J connectivity index is 1.50. The van der Waals surface area contributed by atoms with Crippen molar-refractivity contribution >= 4 is 28.1 Å². The van der Waals surface area contributed by atoms with E-state index in [0.717, 1.165) is 24.3 Å². The highest BCUT2D eigenvalue weighted by Crippen LogP contribution is 2.45. The van der Waals surface area contributed by atoms with Crippen LogP contribution in [0.4, 0.5) is 0 Å². The number of rotatable bonds is 4. The van der Waals surface area contributed by atoms with E-state index in [1.165, 1.54) is 55.7 Å². The fraction of sp³-hybridized carbons (Fsp3) is 0.111. The molecule has 0 saturated carbocycles. The number of hydrogen-bond acceptors (Lipinski definition) is 0. The molecular weight excluding hydrogens is 482 g/mol. The van der Waals surface area contributed by atoms with Crippen molar-refractivity contribution in [3.05, 3.63) is 144 Å². The molecule has 1 unspecified atom stereocenters. The molecule has 2 aliphatic rings. The van der Waals surface area contributed by atoms with Gasteiger partial charge in [0.1, 0.15) is 0 Å². The highest BCUT2D eigenvalue weighted by atomic mass is 35.5. The Labute approximate surface area is 229 Å². The maximum Gasteiger partial charge on any atom is 0.0539 e. The quantitative estimate of drug-likeness (QED) is 0.227. The van der Waals surface area contributed by atoms with E-state index in [9.17, 15) is 0 Å². The Morgan fingerprint density at radius 1 is 0.737 bits per heavy atom. The van der Waals surface area contributed by atoms with E-state index in [2.05, 4.69) is 126 Å². The minimum atomic E-state index is 0.395. The summed E-state index contributed by atoms with van der Waals surface area (Å²) in [6.45, 7) is 0. The Hall–Kier alpha value is -4.07. The second-order valence-corrected chi connectivity index (χ2v) is 10.6. The molecule has 1 atom stereocenters. The number of allylic oxidation sites excluding steroid dienone is 6. The molecule has 1 heterocycles. The summed E-state index contributed by atoms with van der Waals surface area (Å²) in [5.74, 6) is 0.395. The summed E-state index contributed by atoms with van der Waals surface area (Å²) >= 11 is 6.61. The molecule has 0 amide bonds. The third-order valence-corrected chi connectivity index (χ3v) is 8.11. The third-order valence-electron chi connectivity index (χ3n) is 7.87. The lowest BCUT2D eigenvalue weighted by Gasteiger charge is -2.24. The Morgan fingerprint density at radius 3 is 2.29 bits per heavy atom. The van der Waals surface area contributed by atoms with Gasteiger partial charge >= 0.3 is 0 Å². The normalized spacial score (nSPS) is 16.4. The van der Waals surface area contributed by atoms with Gasteiger partial charge in [-0.25, -0.2) is 0 Å². The topological polar surface area (TPSA) is 4.93 Å². The molecule has 1 nitrogen and oxygen atoms in total. The van der Waals surface area contributed by atoms with Gasteiger partial charge in [-0.3, -0.25) is 0 Å². The van der Waals surface area contributed by atoms with Crippen LogP contribution in [0.2, 0.25) is 5.02 Å². The summed E-state index contributed by atoms with van der Waals surface area (Å²) in [7, 11) is 0. The van der Waals surface area contributed by atoms with Crippen LogP contribution >= 0.6 is 11.6 Å². The summed E-state index contributed by atoms with van der Waals surface area (Å²) in [4.78, 5) is 0. The van der Waals surface area contributed by atoms with Crippen molar-refractivity contribution in [1.29, 1.82) is 0 Å². The van der Waals surface area contributed by atoms with Gasteiger partial charge in [-0.2, -0.15) is 0 Å². The van der Waals surface area contributed by atoms with Crippen LogP contribution in [-0.4, -0.2) is 4.57 Å². The second kappa shape index (κ2) is 9.67. The van der Waals surface area contributed by atoms with E-state index in [1.54, 1.807) is 0 Å². The van der Waals surface area contributed by atoms with Crippen molar-refractivity contribution < 1.29 is 0 Å². The first-order valence-corrected chi connectivity index (χ1v) is 13.8. The van der Waals surface area contributed by atoms with Gasteiger partial charge in [-0.1, -0.05) is 109 Å². The van der Waals surface area contributed by atoms with Gasteiger partial charge in [0.15, 0.2) is 0 Å². The fourth-order valence-electron chi connectivity index (χ4n) is 6.15. The molecule has 0 fully saturated rings. The van der Waals surface area contributed by atoms with Crippen molar-refractivity contribution in [2.24, 2.45) is 5.92 Å². The Kier molecular flexibility index (Phi) is 5.87. The number of fused-ring (bicyclic) bond motifs is 3. The predicted molar refractivity (Wildman–Crippen MR) is 162 cm³/mol. The zero-order valence-corrected chi connectivity index (χ0v) is 21.9. The highest BCUT2D eigenvalue weighted by molar-refractivity contribution is 6.31. The van der Waals surface area contributed by atoms with E-state index in [4.69, 9.17) is 11.6 Å². The number of nitrogens with zero attached hydrogens (tertiary/aromatic N) is 1. The predicted octanol–water partition coefficient (Wildman–Crippen LogP) is 10.1. The zero-order chi connectivity index (χ0) is 25.5. The number of halogens is 1. The third kappa shape index (κ3) is 3.95. The Bertz CT molecular complexity index is 1740. The van der Waals surface area contributed by atoms with Crippen LogP contribution in [0.15, 0.2) is 127 Å². The first kappa shape index (κ1) is 23.1. The number of aromatic nitrogens is 1. The lowest BCUT2D eigenvalue weighted by molar-refractivity contribution is 0.808. The minimum absolute atomic E-state index is 0.395. The average molecular weight is 510 g/mol. The average Bonchev–Trinajstić information content (AvgIpc) is 3.31. The molecule has 2 heteroatoms. The maximum absolute atomic E-state index is 6.61. The smallest absolute Gasteiger partial charge is 0.0539 e. The van der Waals surface area contributed by atoms with Gasteiger partial charge in [-0.15, -0.1) is 0 Å². The SMILES string of the molecule is Clc1ccc2c(c1)c1c(n2-c2ccc(-c3ccccc3)cc2-c2ccccc2)CCC=C1C1C=CC=CC1. The molecule has 184 valence electrons. The zero-order valence-electron chi connectivity index (χ0n) is 21.1. The molecule has 4 aromatic carbocycles. The van der Waals surface area contributed by atoms with Gasteiger partial charge in [-0.05, 0) is 71.9 Å². The van der Waals surface area contributed by atoms with Gasteiger partial charge in [0, 0.05) is 33.1 Å². The van der Waals surface area contributed by atoms with Gasteiger partial charge < -0.3 is 4.57 Å². The standard InChI is InChI=1S/C36H28ClN/c37-29-20-22-34-32(24-29)36-30(26-13-6-2-7-14-26)17-10-18-35(36)38(34)33-21-19-28(25-11-4-1-5-12-25)23-31(33)27-15-8-3-9-16-27/h1-9,11-13,15-17,19-24,26H,10,14,18H2. The lowest BCUT2D eigenvalue weighted by atomic mass is 9.82. The van der Waals surface area contributed by atoms with Crippen LogP contribution in [0, 0.1) is 5.92 Å². The van der Waals surface area contributed by atoms with E-state index in [-0.39, 0.29) is 0 Å². The summed E-state index contributed by atoms with van der Waals surface area (Å²) in [6, 6.07) is 34.7. The molecule has 0 N–H and O–H groups in total. The van der Waals surface area contributed by atoms with Crippen LogP contribution in [0.3, 0.4) is 0 Å². The summed E-state index contributed by atoms with van der Waals surface area (Å²) in [5, 5.41) is 2.02. The molecule has 0 spiro atoms. The molecule has 38 heavy (non-hydrogen) atoms. The van der Waals surface area contributed by atoms with Crippen molar-refractivity contribution in [2.75, 3.05) is 0 Å². The molecule has 7 rings (SSSR count).